The summed E-state index contributed by atoms with van der Waals surface area (Å²) in [4.78, 5) is 9.04. The monoisotopic (exact) mass is 331 g/mol. The highest BCUT2D eigenvalue weighted by molar-refractivity contribution is 7.99. The molecule has 1 heterocycles. The molecule has 124 valence electrons. The van der Waals surface area contributed by atoms with Gasteiger partial charge in [0.05, 0.1) is 17.6 Å². The largest absolute Gasteiger partial charge is 0.354 e. The fourth-order valence-electron chi connectivity index (χ4n) is 3.19. The van der Waals surface area contributed by atoms with Crippen LogP contribution in [0.25, 0.3) is 11.0 Å². The fraction of sp³-hybridized carbons (Fsp3) is 0.529. The third-order valence-electron chi connectivity index (χ3n) is 4.58. The minimum absolute atomic E-state index is 0.527. The molecule has 2 atom stereocenters. The van der Waals surface area contributed by atoms with Crippen LogP contribution in [0.2, 0.25) is 0 Å². The molecule has 1 saturated carbocycles. The quantitative estimate of drug-likeness (QED) is 0.668. The number of rotatable bonds is 4. The van der Waals surface area contributed by atoms with Crippen molar-refractivity contribution in [1.29, 1.82) is 0 Å². The number of aliphatic imine (C=N–C) groups is 1. The lowest BCUT2D eigenvalue weighted by atomic mass is 10.2. The molecular weight excluding hydrogens is 306 g/mol. The molecule has 0 spiro atoms. The van der Waals surface area contributed by atoms with Crippen LogP contribution in [0.15, 0.2) is 29.3 Å². The van der Waals surface area contributed by atoms with E-state index in [9.17, 15) is 0 Å². The molecule has 2 unspecified atom stereocenters. The van der Waals surface area contributed by atoms with E-state index in [2.05, 4.69) is 44.5 Å². The Morgan fingerprint density at radius 3 is 2.91 bits per heavy atom. The maximum Gasteiger partial charge on any atom is 0.191 e. The molecule has 5 nitrogen and oxygen atoms in total. The first kappa shape index (κ1) is 16.2. The van der Waals surface area contributed by atoms with Crippen LogP contribution in [0.4, 0.5) is 0 Å². The summed E-state index contributed by atoms with van der Waals surface area (Å²) in [5, 5.41) is 7.72. The molecule has 6 heteroatoms. The second kappa shape index (κ2) is 7.25. The first-order valence-corrected chi connectivity index (χ1v) is 9.40. The predicted molar refractivity (Wildman–Crippen MR) is 99.0 cm³/mol. The van der Waals surface area contributed by atoms with Crippen molar-refractivity contribution in [1.82, 2.24) is 20.2 Å². The minimum atomic E-state index is 0.527. The topological polar surface area (TPSA) is 54.2 Å². The molecule has 2 aromatic rings. The van der Waals surface area contributed by atoms with Gasteiger partial charge in [0.25, 0.3) is 0 Å². The molecule has 23 heavy (non-hydrogen) atoms. The lowest BCUT2D eigenvalue weighted by Gasteiger charge is -2.17. The standard InChI is InChI=1S/C17H25N5S/c1-18-17(20-12-8-9-13(10-12)23-3)19-11-16-21-14-6-4-5-7-15(14)22(16)2/h4-7,12-13H,8-11H2,1-3H3,(H2,18,19,20). The summed E-state index contributed by atoms with van der Waals surface area (Å²) in [7, 11) is 3.88. The van der Waals surface area contributed by atoms with Gasteiger partial charge in [0.1, 0.15) is 5.82 Å². The minimum Gasteiger partial charge on any atom is -0.354 e. The number of para-hydroxylation sites is 2. The van der Waals surface area contributed by atoms with E-state index >= 15 is 0 Å². The smallest absolute Gasteiger partial charge is 0.191 e. The number of hydrogen-bond donors (Lipinski definition) is 2. The molecule has 0 aliphatic heterocycles. The molecule has 1 aliphatic carbocycles. The van der Waals surface area contributed by atoms with Crippen molar-refractivity contribution in [2.45, 2.75) is 37.1 Å². The Bertz CT molecular complexity index is 693. The second-order valence-electron chi connectivity index (χ2n) is 6.01. The van der Waals surface area contributed by atoms with Gasteiger partial charge in [-0.05, 0) is 37.7 Å². The molecule has 1 aliphatic rings. The molecule has 0 amide bonds. The van der Waals surface area contributed by atoms with Gasteiger partial charge in [-0.3, -0.25) is 4.99 Å². The lowest BCUT2D eigenvalue weighted by molar-refractivity contribution is 0.610. The molecule has 1 fully saturated rings. The number of aryl methyl sites for hydroxylation is 1. The molecular formula is C17H25N5S. The number of benzene rings is 1. The van der Waals surface area contributed by atoms with Crippen LogP contribution in [0.1, 0.15) is 25.1 Å². The van der Waals surface area contributed by atoms with E-state index in [-0.39, 0.29) is 0 Å². The summed E-state index contributed by atoms with van der Waals surface area (Å²) in [6, 6.07) is 8.74. The van der Waals surface area contributed by atoms with Crippen molar-refractivity contribution in [2.75, 3.05) is 13.3 Å². The Balaban J connectivity index is 1.60. The predicted octanol–water partition coefficient (Wildman–Crippen LogP) is 2.52. The van der Waals surface area contributed by atoms with Crippen LogP contribution >= 0.6 is 11.8 Å². The van der Waals surface area contributed by atoms with Crippen molar-refractivity contribution in [2.24, 2.45) is 12.0 Å². The van der Waals surface area contributed by atoms with E-state index in [1.54, 1.807) is 0 Å². The summed E-state index contributed by atoms with van der Waals surface area (Å²) in [6.07, 6.45) is 5.93. The van der Waals surface area contributed by atoms with E-state index in [0.29, 0.717) is 12.6 Å². The number of imidazole rings is 1. The maximum absolute atomic E-state index is 4.69. The van der Waals surface area contributed by atoms with Gasteiger partial charge in [0.15, 0.2) is 5.96 Å². The Labute approximate surface area is 142 Å². The summed E-state index contributed by atoms with van der Waals surface area (Å²) in [5.41, 5.74) is 2.19. The summed E-state index contributed by atoms with van der Waals surface area (Å²) in [6.45, 7) is 0.670. The van der Waals surface area contributed by atoms with Gasteiger partial charge in [-0.15, -0.1) is 0 Å². The average Bonchev–Trinajstić information content (AvgIpc) is 3.16. The zero-order valence-electron chi connectivity index (χ0n) is 14.0. The molecule has 0 bridgehead atoms. The van der Waals surface area contributed by atoms with Crippen LogP contribution in [-0.4, -0.2) is 40.1 Å². The van der Waals surface area contributed by atoms with Gasteiger partial charge in [0.2, 0.25) is 0 Å². The van der Waals surface area contributed by atoms with E-state index in [1.165, 1.54) is 19.3 Å². The van der Waals surface area contributed by atoms with E-state index in [1.807, 2.05) is 37.0 Å². The lowest BCUT2D eigenvalue weighted by Crippen LogP contribution is -2.42. The van der Waals surface area contributed by atoms with E-state index in [0.717, 1.165) is 28.1 Å². The zero-order chi connectivity index (χ0) is 16.2. The first-order valence-electron chi connectivity index (χ1n) is 8.11. The number of thioether (sulfide) groups is 1. The Hall–Kier alpha value is -1.69. The van der Waals surface area contributed by atoms with E-state index < -0.39 is 0 Å². The van der Waals surface area contributed by atoms with Crippen molar-refractivity contribution >= 4 is 28.8 Å². The first-order chi connectivity index (χ1) is 11.2. The summed E-state index contributed by atoms with van der Waals surface area (Å²) < 4.78 is 2.13. The number of fused-ring (bicyclic) bond motifs is 1. The van der Waals surface area contributed by atoms with Crippen molar-refractivity contribution in [3.63, 3.8) is 0 Å². The number of nitrogens with one attached hydrogen (secondary N) is 2. The molecule has 0 radical (unpaired) electrons. The van der Waals surface area contributed by atoms with E-state index in [4.69, 9.17) is 0 Å². The zero-order valence-corrected chi connectivity index (χ0v) is 14.9. The Kier molecular flexibility index (Phi) is 5.10. The van der Waals surface area contributed by atoms with Gasteiger partial charge >= 0.3 is 0 Å². The molecule has 2 N–H and O–H groups in total. The number of nitrogens with zero attached hydrogens (tertiary/aromatic N) is 3. The molecule has 1 aromatic carbocycles. The summed E-state index contributed by atoms with van der Waals surface area (Å²) in [5.74, 6) is 1.88. The van der Waals surface area contributed by atoms with Crippen molar-refractivity contribution < 1.29 is 0 Å². The van der Waals surface area contributed by atoms with Crippen LogP contribution in [-0.2, 0) is 13.6 Å². The Morgan fingerprint density at radius 2 is 2.22 bits per heavy atom. The SMILES string of the molecule is CN=C(NCc1nc2ccccc2n1C)NC1CCC(SC)C1. The fourth-order valence-corrected chi connectivity index (χ4v) is 3.99. The van der Waals surface area contributed by atoms with Crippen LogP contribution in [0.5, 0.6) is 0 Å². The highest BCUT2D eigenvalue weighted by atomic mass is 32.2. The second-order valence-corrected chi connectivity index (χ2v) is 7.15. The normalized spacial score (nSPS) is 21.8. The van der Waals surface area contributed by atoms with Crippen LogP contribution < -0.4 is 10.6 Å². The summed E-state index contributed by atoms with van der Waals surface area (Å²) >= 11 is 1.97. The molecule has 1 aromatic heterocycles. The maximum atomic E-state index is 4.69. The number of aromatic nitrogens is 2. The average molecular weight is 331 g/mol. The van der Waals surface area contributed by atoms with Gasteiger partial charge < -0.3 is 15.2 Å². The van der Waals surface area contributed by atoms with Gasteiger partial charge in [0, 0.05) is 25.4 Å². The van der Waals surface area contributed by atoms with Gasteiger partial charge in [-0.1, -0.05) is 12.1 Å². The van der Waals surface area contributed by atoms with Crippen LogP contribution in [0.3, 0.4) is 0 Å². The number of guanidine groups is 1. The van der Waals surface area contributed by atoms with Gasteiger partial charge in [-0.2, -0.15) is 11.8 Å². The number of hydrogen-bond acceptors (Lipinski definition) is 3. The highest BCUT2D eigenvalue weighted by Gasteiger charge is 2.24. The van der Waals surface area contributed by atoms with Crippen molar-refractivity contribution in [3.05, 3.63) is 30.1 Å². The van der Waals surface area contributed by atoms with Gasteiger partial charge in [-0.25, -0.2) is 4.98 Å². The van der Waals surface area contributed by atoms with Crippen LogP contribution in [0, 0.1) is 0 Å². The highest BCUT2D eigenvalue weighted by Crippen LogP contribution is 2.28. The van der Waals surface area contributed by atoms with Crippen molar-refractivity contribution in [3.8, 4) is 0 Å². The molecule has 3 rings (SSSR count). The Morgan fingerprint density at radius 1 is 1.39 bits per heavy atom. The third-order valence-corrected chi connectivity index (χ3v) is 5.67. The molecule has 0 saturated heterocycles. The third kappa shape index (κ3) is 3.63.